The van der Waals surface area contributed by atoms with E-state index in [0.29, 0.717) is 5.69 Å². The number of hydrogen-bond acceptors (Lipinski definition) is 4. The molecule has 6 heteroatoms. The van der Waals surface area contributed by atoms with Gasteiger partial charge in [-0.25, -0.2) is 4.79 Å². The average molecular weight is 286 g/mol. The molecular formula is C15H14N2O4. The van der Waals surface area contributed by atoms with Gasteiger partial charge in [-0.1, -0.05) is 24.3 Å². The van der Waals surface area contributed by atoms with E-state index in [1.165, 1.54) is 18.2 Å². The highest BCUT2D eigenvalue weighted by Crippen LogP contribution is 2.24. The molecule has 0 aliphatic heterocycles. The summed E-state index contributed by atoms with van der Waals surface area (Å²) in [5, 5.41) is 22.9. The first-order chi connectivity index (χ1) is 9.99. The van der Waals surface area contributed by atoms with Crippen molar-refractivity contribution < 1.29 is 14.8 Å². The summed E-state index contributed by atoms with van der Waals surface area (Å²) in [6.45, 7) is 1.86. The van der Waals surface area contributed by atoms with E-state index < -0.39 is 10.9 Å². The van der Waals surface area contributed by atoms with E-state index in [9.17, 15) is 14.9 Å². The predicted octanol–water partition coefficient (Wildman–Crippen LogP) is 3.47. The van der Waals surface area contributed by atoms with Gasteiger partial charge in [0.25, 0.3) is 5.69 Å². The molecule has 1 atom stereocenters. The largest absolute Gasteiger partial charge is 0.478 e. The number of anilines is 1. The fourth-order valence-electron chi connectivity index (χ4n) is 2.00. The van der Waals surface area contributed by atoms with Crippen LogP contribution in [0.15, 0.2) is 48.5 Å². The van der Waals surface area contributed by atoms with Gasteiger partial charge in [0, 0.05) is 23.9 Å². The first-order valence-electron chi connectivity index (χ1n) is 6.32. The molecule has 0 aromatic heterocycles. The van der Waals surface area contributed by atoms with E-state index in [0.717, 1.165) is 5.56 Å². The van der Waals surface area contributed by atoms with Crippen LogP contribution in [0.2, 0.25) is 0 Å². The summed E-state index contributed by atoms with van der Waals surface area (Å²) >= 11 is 0. The summed E-state index contributed by atoms with van der Waals surface area (Å²) in [6, 6.07) is 12.6. The van der Waals surface area contributed by atoms with Crippen LogP contribution in [0.4, 0.5) is 11.4 Å². The van der Waals surface area contributed by atoms with Gasteiger partial charge in [-0.3, -0.25) is 10.1 Å². The first-order valence-corrected chi connectivity index (χ1v) is 6.32. The lowest BCUT2D eigenvalue weighted by atomic mass is 10.1. The molecule has 1 unspecified atom stereocenters. The van der Waals surface area contributed by atoms with E-state index in [2.05, 4.69) is 5.32 Å². The van der Waals surface area contributed by atoms with Crippen molar-refractivity contribution in [3.8, 4) is 0 Å². The Morgan fingerprint density at radius 3 is 2.38 bits per heavy atom. The Morgan fingerprint density at radius 2 is 1.81 bits per heavy atom. The van der Waals surface area contributed by atoms with Crippen molar-refractivity contribution in [2.45, 2.75) is 13.0 Å². The Bertz CT molecular complexity index is 668. The lowest BCUT2D eigenvalue weighted by Crippen LogP contribution is -2.10. The summed E-state index contributed by atoms with van der Waals surface area (Å²) in [5.41, 5.74) is 1.56. The minimum absolute atomic E-state index is 0.0249. The van der Waals surface area contributed by atoms with E-state index >= 15 is 0 Å². The molecule has 2 N–H and O–H groups in total. The maximum atomic E-state index is 11.1. The highest BCUT2D eigenvalue weighted by molar-refractivity contribution is 5.94. The number of carboxylic acid groups (broad SMARTS) is 1. The number of carboxylic acids is 1. The van der Waals surface area contributed by atoms with Gasteiger partial charge < -0.3 is 10.4 Å². The minimum atomic E-state index is -1.01. The van der Waals surface area contributed by atoms with Crippen molar-refractivity contribution in [2.24, 2.45) is 0 Å². The molecule has 0 saturated heterocycles. The molecule has 21 heavy (non-hydrogen) atoms. The second-order valence-electron chi connectivity index (χ2n) is 4.57. The van der Waals surface area contributed by atoms with Crippen molar-refractivity contribution in [1.82, 2.24) is 0 Å². The van der Waals surface area contributed by atoms with Gasteiger partial charge in [-0.05, 0) is 24.6 Å². The van der Waals surface area contributed by atoms with Crippen molar-refractivity contribution in [2.75, 3.05) is 5.32 Å². The molecular weight excluding hydrogens is 272 g/mol. The molecule has 0 saturated carbocycles. The van der Waals surface area contributed by atoms with Crippen LogP contribution in [0.5, 0.6) is 0 Å². The summed E-state index contributed by atoms with van der Waals surface area (Å²) in [7, 11) is 0. The summed E-state index contributed by atoms with van der Waals surface area (Å²) in [4.78, 5) is 21.3. The predicted molar refractivity (Wildman–Crippen MR) is 78.5 cm³/mol. The second-order valence-corrected chi connectivity index (χ2v) is 4.57. The van der Waals surface area contributed by atoms with E-state index in [4.69, 9.17) is 5.11 Å². The Labute approximate surface area is 121 Å². The summed E-state index contributed by atoms with van der Waals surface area (Å²) in [5.74, 6) is -1.01. The minimum Gasteiger partial charge on any atom is -0.478 e. The Hall–Kier alpha value is -2.89. The topological polar surface area (TPSA) is 92.5 Å². The molecule has 2 rings (SSSR count). The number of nitrogens with zero attached hydrogens (tertiary/aromatic N) is 1. The van der Waals surface area contributed by atoms with Gasteiger partial charge in [0.2, 0.25) is 0 Å². The quantitative estimate of drug-likeness (QED) is 0.648. The number of non-ortho nitro benzene ring substituents is 1. The Kier molecular flexibility index (Phi) is 4.18. The second kappa shape index (κ2) is 6.04. The van der Waals surface area contributed by atoms with Crippen LogP contribution < -0.4 is 5.32 Å². The number of nitrogens with one attached hydrogen (secondary N) is 1. The van der Waals surface area contributed by atoms with Crippen molar-refractivity contribution in [3.05, 3.63) is 69.8 Å². The number of nitro groups is 1. The standard InChI is InChI=1S/C15H14N2O4/c1-10(11-6-8-12(9-7-11)17(20)21)16-14-5-3-2-4-13(14)15(18)19/h2-10,16H,1H3,(H,18,19). The highest BCUT2D eigenvalue weighted by atomic mass is 16.6. The van der Waals surface area contributed by atoms with Crippen LogP contribution in [-0.2, 0) is 0 Å². The van der Waals surface area contributed by atoms with Crippen molar-refractivity contribution in [3.63, 3.8) is 0 Å². The van der Waals surface area contributed by atoms with Gasteiger partial charge in [-0.15, -0.1) is 0 Å². The third kappa shape index (κ3) is 3.36. The van der Waals surface area contributed by atoms with Gasteiger partial charge >= 0.3 is 5.97 Å². The summed E-state index contributed by atoms with van der Waals surface area (Å²) in [6.07, 6.45) is 0. The number of para-hydroxylation sites is 1. The monoisotopic (exact) mass is 286 g/mol. The molecule has 0 heterocycles. The first kappa shape index (κ1) is 14.5. The van der Waals surface area contributed by atoms with Crippen LogP contribution >= 0.6 is 0 Å². The third-order valence-corrected chi connectivity index (χ3v) is 3.13. The number of hydrogen-bond donors (Lipinski definition) is 2. The number of aromatic carboxylic acids is 1. The van der Waals surface area contributed by atoms with Crippen LogP contribution in [0.3, 0.4) is 0 Å². The van der Waals surface area contributed by atoms with Crippen LogP contribution in [-0.4, -0.2) is 16.0 Å². The number of carbonyl (C=O) groups is 1. The molecule has 2 aromatic carbocycles. The highest BCUT2D eigenvalue weighted by Gasteiger charge is 2.13. The van der Waals surface area contributed by atoms with Gasteiger partial charge in [0.05, 0.1) is 10.5 Å². The van der Waals surface area contributed by atoms with Crippen molar-refractivity contribution in [1.29, 1.82) is 0 Å². The van der Waals surface area contributed by atoms with Gasteiger partial charge in [0.1, 0.15) is 0 Å². The molecule has 0 aliphatic rings. The van der Waals surface area contributed by atoms with E-state index in [1.54, 1.807) is 30.3 Å². The molecule has 0 spiro atoms. The van der Waals surface area contributed by atoms with Crippen molar-refractivity contribution >= 4 is 17.3 Å². The van der Waals surface area contributed by atoms with Crippen LogP contribution in [0, 0.1) is 10.1 Å². The molecule has 0 amide bonds. The van der Waals surface area contributed by atoms with Gasteiger partial charge in [-0.2, -0.15) is 0 Å². The maximum absolute atomic E-state index is 11.1. The summed E-state index contributed by atoms with van der Waals surface area (Å²) < 4.78 is 0. The maximum Gasteiger partial charge on any atom is 0.337 e. The average Bonchev–Trinajstić information content (AvgIpc) is 2.47. The number of nitro benzene ring substituents is 1. The zero-order chi connectivity index (χ0) is 15.4. The van der Waals surface area contributed by atoms with Crippen LogP contribution in [0.1, 0.15) is 28.9 Å². The number of rotatable bonds is 5. The fourth-order valence-corrected chi connectivity index (χ4v) is 2.00. The molecule has 0 radical (unpaired) electrons. The Balaban J connectivity index is 2.20. The zero-order valence-corrected chi connectivity index (χ0v) is 11.3. The van der Waals surface area contributed by atoms with E-state index in [1.807, 2.05) is 6.92 Å². The van der Waals surface area contributed by atoms with E-state index in [-0.39, 0.29) is 17.3 Å². The lowest BCUT2D eigenvalue weighted by molar-refractivity contribution is -0.384. The fraction of sp³-hybridized carbons (Fsp3) is 0.133. The molecule has 6 nitrogen and oxygen atoms in total. The third-order valence-electron chi connectivity index (χ3n) is 3.13. The normalized spacial score (nSPS) is 11.7. The molecule has 0 aliphatic carbocycles. The molecule has 0 bridgehead atoms. The Morgan fingerprint density at radius 1 is 1.19 bits per heavy atom. The molecule has 2 aromatic rings. The van der Waals surface area contributed by atoms with Gasteiger partial charge in [0.15, 0.2) is 0 Å². The molecule has 0 fully saturated rings. The SMILES string of the molecule is CC(Nc1ccccc1C(=O)O)c1ccc([N+](=O)[O-])cc1. The van der Waals surface area contributed by atoms with Crippen LogP contribution in [0.25, 0.3) is 0 Å². The molecule has 108 valence electrons. The smallest absolute Gasteiger partial charge is 0.337 e. The number of benzene rings is 2. The zero-order valence-electron chi connectivity index (χ0n) is 11.3. The lowest BCUT2D eigenvalue weighted by Gasteiger charge is -2.17.